The first kappa shape index (κ1) is 16.3. The normalized spacial score (nSPS) is 16.5. The standard InChI is InChI=1S/C20H25N3O2/c1-14-3-2-4-16(11-14)20(24)21-9-7-18-17-13-25-10-8-19(17)23(22-18)12-15-5-6-15/h2-4,11,15H,5-10,12-13H2,1H3,(H,21,24). The number of carbonyl (C=O) groups is 1. The molecule has 5 heteroatoms. The Hall–Kier alpha value is -2.14. The molecule has 0 bridgehead atoms. The van der Waals surface area contributed by atoms with Gasteiger partial charge in [0, 0.05) is 42.8 Å². The molecule has 5 nitrogen and oxygen atoms in total. The van der Waals surface area contributed by atoms with Crippen molar-refractivity contribution in [1.29, 1.82) is 0 Å². The maximum Gasteiger partial charge on any atom is 0.251 e. The molecule has 25 heavy (non-hydrogen) atoms. The van der Waals surface area contributed by atoms with Crippen LogP contribution in [0.1, 0.15) is 45.7 Å². The van der Waals surface area contributed by atoms with Gasteiger partial charge >= 0.3 is 0 Å². The fraction of sp³-hybridized carbons (Fsp3) is 0.500. The zero-order valence-corrected chi connectivity index (χ0v) is 14.8. The highest BCUT2D eigenvalue weighted by molar-refractivity contribution is 5.94. The third kappa shape index (κ3) is 3.76. The van der Waals surface area contributed by atoms with Gasteiger partial charge in [0.1, 0.15) is 0 Å². The van der Waals surface area contributed by atoms with Gasteiger partial charge in [0.05, 0.1) is 18.9 Å². The summed E-state index contributed by atoms with van der Waals surface area (Å²) in [7, 11) is 0. The van der Waals surface area contributed by atoms with Gasteiger partial charge in [0.2, 0.25) is 0 Å². The molecule has 0 radical (unpaired) electrons. The van der Waals surface area contributed by atoms with Gasteiger partial charge in [-0.25, -0.2) is 0 Å². The third-order valence-corrected chi connectivity index (χ3v) is 5.03. The lowest BCUT2D eigenvalue weighted by Crippen LogP contribution is -2.26. The Morgan fingerprint density at radius 2 is 2.28 bits per heavy atom. The minimum atomic E-state index is -0.0220. The van der Waals surface area contributed by atoms with Gasteiger partial charge in [-0.1, -0.05) is 17.7 Å². The number of nitrogens with one attached hydrogen (secondary N) is 1. The van der Waals surface area contributed by atoms with Crippen LogP contribution in [0.2, 0.25) is 0 Å². The van der Waals surface area contributed by atoms with Gasteiger partial charge in [0.15, 0.2) is 0 Å². The molecule has 1 aromatic carbocycles. The summed E-state index contributed by atoms with van der Waals surface area (Å²) in [6.07, 6.45) is 4.35. The lowest BCUT2D eigenvalue weighted by molar-refractivity contribution is 0.0953. The number of aryl methyl sites for hydroxylation is 1. The number of aromatic nitrogens is 2. The molecule has 1 N–H and O–H groups in total. The fourth-order valence-electron chi connectivity index (χ4n) is 3.46. The Morgan fingerprint density at radius 3 is 3.08 bits per heavy atom. The second kappa shape index (κ2) is 7.00. The molecule has 2 aromatic rings. The van der Waals surface area contributed by atoms with E-state index < -0.39 is 0 Å². The van der Waals surface area contributed by atoms with Crippen molar-refractivity contribution in [1.82, 2.24) is 15.1 Å². The number of nitrogens with zero attached hydrogens (tertiary/aromatic N) is 2. The molecule has 2 aliphatic rings. The summed E-state index contributed by atoms with van der Waals surface area (Å²) in [6.45, 7) is 5.07. The van der Waals surface area contributed by atoms with Crippen molar-refractivity contribution < 1.29 is 9.53 Å². The van der Waals surface area contributed by atoms with Crippen LogP contribution in [0.3, 0.4) is 0 Å². The molecule has 1 aliphatic carbocycles. The Morgan fingerprint density at radius 1 is 1.40 bits per heavy atom. The summed E-state index contributed by atoms with van der Waals surface area (Å²) in [5.41, 5.74) is 5.48. The highest BCUT2D eigenvalue weighted by Crippen LogP contribution is 2.32. The van der Waals surface area contributed by atoms with Crippen LogP contribution in [0.5, 0.6) is 0 Å². The lowest BCUT2D eigenvalue weighted by Gasteiger charge is -2.15. The van der Waals surface area contributed by atoms with Crippen molar-refractivity contribution in [2.45, 2.75) is 45.8 Å². The molecule has 1 fully saturated rings. The first-order valence-corrected chi connectivity index (χ1v) is 9.21. The van der Waals surface area contributed by atoms with E-state index in [1.807, 2.05) is 31.2 Å². The molecular formula is C20H25N3O2. The van der Waals surface area contributed by atoms with Crippen LogP contribution < -0.4 is 5.32 Å². The van der Waals surface area contributed by atoms with Gasteiger partial charge in [-0.15, -0.1) is 0 Å². The van der Waals surface area contributed by atoms with Crippen LogP contribution in [0.25, 0.3) is 0 Å². The summed E-state index contributed by atoms with van der Waals surface area (Å²) in [4.78, 5) is 12.3. The Balaban J connectivity index is 1.40. The van der Waals surface area contributed by atoms with Crippen LogP contribution >= 0.6 is 0 Å². The summed E-state index contributed by atoms with van der Waals surface area (Å²) >= 11 is 0. The first-order valence-electron chi connectivity index (χ1n) is 9.21. The zero-order chi connectivity index (χ0) is 17.2. The van der Waals surface area contributed by atoms with Crippen LogP contribution in [0.15, 0.2) is 24.3 Å². The van der Waals surface area contributed by atoms with Gasteiger partial charge in [-0.3, -0.25) is 9.48 Å². The van der Waals surface area contributed by atoms with Crippen LogP contribution in [-0.2, 0) is 30.7 Å². The minimum absolute atomic E-state index is 0.0220. The number of fused-ring (bicyclic) bond motifs is 1. The van der Waals surface area contributed by atoms with E-state index in [-0.39, 0.29) is 5.91 Å². The van der Waals surface area contributed by atoms with Crippen molar-refractivity contribution >= 4 is 5.91 Å². The second-order valence-electron chi connectivity index (χ2n) is 7.18. The van der Waals surface area contributed by atoms with Crippen molar-refractivity contribution in [3.8, 4) is 0 Å². The van der Waals surface area contributed by atoms with Crippen molar-refractivity contribution in [3.63, 3.8) is 0 Å². The van der Waals surface area contributed by atoms with E-state index in [1.165, 1.54) is 24.1 Å². The topological polar surface area (TPSA) is 56.2 Å². The molecule has 0 saturated heterocycles. The first-order chi connectivity index (χ1) is 12.2. The monoisotopic (exact) mass is 339 g/mol. The molecule has 1 amide bonds. The molecule has 1 saturated carbocycles. The molecule has 2 heterocycles. The molecule has 0 spiro atoms. The maximum absolute atomic E-state index is 12.3. The average molecular weight is 339 g/mol. The molecule has 4 rings (SSSR count). The predicted octanol–water partition coefficient (Wildman–Crippen LogP) is 2.65. The third-order valence-electron chi connectivity index (χ3n) is 5.03. The smallest absolute Gasteiger partial charge is 0.251 e. The second-order valence-corrected chi connectivity index (χ2v) is 7.18. The van der Waals surface area contributed by atoms with E-state index in [0.717, 1.165) is 43.2 Å². The van der Waals surface area contributed by atoms with E-state index >= 15 is 0 Å². The van der Waals surface area contributed by atoms with Crippen molar-refractivity contribution in [3.05, 3.63) is 52.3 Å². The van der Waals surface area contributed by atoms with Crippen LogP contribution in [0.4, 0.5) is 0 Å². The summed E-state index contributed by atoms with van der Waals surface area (Å²) < 4.78 is 7.84. The van der Waals surface area contributed by atoms with E-state index in [9.17, 15) is 4.79 Å². The van der Waals surface area contributed by atoms with E-state index in [0.29, 0.717) is 18.7 Å². The van der Waals surface area contributed by atoms with E-state index in [1.54, 1.807) is 0 Å². The summed E-state index contributed by atoms with van der Waals surface area (Å²) in [5.74, 6) is 0.784. The van der Waals surface area contributed by atoms with E-state index in [4.69, 9.17) is 9.84 Å². The largest absolute Gasteiger partial charge is 0.376 e. The summed E-state index contributed by atoms with van der Waals surface area (Å²) in [6, 6.07) is 7.67. The predicted molar refractivity (Wildman–Crippen MR) is 95.5 cm³/mol. The number of hydrogen-bond donors (Lipinski definition) is 1. The lowest BCUT2D eigenvalue weighted by atomic mass is 10.1. The van der Waals surface area contributed by atoms with Gasteiger partial charge in [-0.05, 0) is 37.8 Å². The maximum atomic E-state index is 12.3. The molecule has 132 valence electrons. The fourth-order valence-corrected chi connectivity index (χ4v) is 3.46. The molecular weight excluding hydrogens is 314 g/mol. The van der Waals surface area contributed by atoms with Gasteiger partial charge in [-0.2, -0.15) is 5.10 Å². The summed E-state index contributed by atoms with van der Waals surface area (Å²) in [5, 5.41) is 7.86. The number of carbonyl (C=O) groups excluding carboxylic acids is 1. The van der Waals surface area contributed by atoms with Crippen LogP contribution in [-0.4, -0.2) is 28.8 Å². The molecule has 1 aliphatic heterocycles. The SMILES string of the molecule is Cc1cccc(C(=O)NCCc2nn(CC3CC3)c3c2COCC3)c1. The number of ether oxygens (including phenoxy) is 1. The quantitative estimate of drug-likeness (QED) is 0.880. The van der Waals surface area contributed by atoms with Gasteiger partial charge < -0.3 is 10.1 Å². The zero-order valence-electron chi connectivity index (χ0n) is 14.8. The van der Waals surface area contributed by atoms with Crippen LogP contribution in [0, 0.1) is 12.8 Å². The van der Waals surface area contributed by atoms with Crippen molar-refractivity contribution in [2.24, 2.45) is 5.92 Å². The van der Waals surface area contributed by atoms with Gasteiger partial charge in [0.25, 0.3) is 5.91 Å². The Bertz CT molecular complexity index is 777. The molecule has 0 atom stereocenters. The number of hydrogen-bond acceptors (Lipinski definition) is 3. The number of rotatable bonds is 6. The van der Waals surface area contributed by atoms with E-state index in [2.05, 4.69) is 10.00 Å². The number of amides is 1. The average Bonchev–Trinajstić information content (AvgIpc) is 3.37. The highest BCUT2D eigenvalue weighted by atomic mass is 16.5. The Labute approximate surface area is 148 Å². The molecule has 1 aromatic heterocycles. The molecule has 0 unspecified atom stereocenters. The highest BCUT2D eigenvalue weighted by Gasteiger charge is 2.27. The van der Waals surface area contributed by atoms with Crippen molar-refractivity contribution in [2.75, 3.05) is 13.2 Å². The Kier molecular flexibility index (Phi) is 4.57. The minimum Gasteiger partial charge on any atom is -0.376 e. The number of benzene rings is 1.